The van der Waals surface area contributed by atoms with E-state index in [9.17, 15) is 0 Å². The van der Waals surface area contributed by atoms with Gasteiger partial charge in [-0.25, -0.2) is 6.57 Å². The Kier molecular flexibility index (Phi) is 4.11. The zero-order valence-electron chi connectivity index (χ0n) is 9.29. The van der Waals surface area contributed by atoms with Crippen molar-refractivity contribution in [2.24, 2.45) is 5.92 Å². The summed E-state index contributed by atoms with van der Waals surface area (Å²) >= 11 is 5.87. The molecule has 0 aliphatic rings. The van der Waals surface area contributed by atoms with E-state index in [4.69, 9.17) is 18.2 Å². The van der Waals surface area contributed by atoms with E-state index in [1.54, 1.807) is 6.20 Å². The summed E-state index contributed by atoms with van der Waals surface area (Å²) in [4.78, 5) is 7.74. The monoisotopic (exact) mass is 222 g/mol. The van der Waals surface area contributed by atoms with E-state index in [0.717, 1.165) is 11.3 Å². The summed E-state index contributed by atoms with van der Waals surface area (Å²) in [5, 5.41) is 0.605. The van der Waals surface area contributed by atoms with Crippen molar-refractivity contribution < 1.29 is 0 Å². The molecule has 0 spiro atoms. The maximum Gasteiger partial charge on any atom is 0.241 e. The van der Waals surface area contributed by atoms with Gasteiger partial charge in [-0.1, -0.05) is 32.4 Å². The Hall–Kier alpha value is -1.07. The topological polar surface area (TPSA) is 17.2 Å². The van der Waals surface area contributed by atoms with Gasteiger partial charge in [-0.05, 0) is 12.0 Å². The van der Waals surface area contributed by atoms with E-state index in [2.05, 4.69) is 30.6 Å². The minimum Gasteiger partial charge on any atom is -0.312 e. The molecule has 3 heteroatoms. The normalized spacial score (nSPS) is 12.5. The summed E-state index contributed by atoms with van der Waals surface area (Å²) in [6.07, 6.45) is 1.66. The summed E-state index contributed by atoms with van der Waals surface area (Å²) in [7, 11) is 0. The zero-order valence-corrected chi connectivity index (χ0v) is 10.0. The second kappa shape index (κ2) is 5.14. The molecule has 1 atom stereocenters. The molecular weight excluding hydrogens is 208 g/mol. The molecule has 1 aromatic heterocycles. The molecule has 2 nitrogen and oxygen atoms in total. The Morgan fingerprint density at radius 2 is 2.13 bits per heavy atom. The van der Waals surface area contributed by atoms with Gasteiger partial charge in [-0.3, -0.25) is 4.98 Å². The fourth-order valence-corrected chi connectivity index (χ4v) is 1.61. The van der Waals surface area contributed by atoms with Crippen LogP contribution in [0.15, 0.2) is 12.3 Å². The average molecular weight is 223 g/mol. The van der Waals surface area contributed by atoms with E-state index in [-0.39, 0.29) is 0 Å². The Labute approximate surface area is 96.1 Å². The Morgan fingerprint density at radius 1 is 1.47 bits per heavy atom. The number of nitrogens with zero attached hydrogens (tertiary/aromatic N) is 2. The number of hydrogen-bond acceptors (Lipinski definition) is 1. The molecule has 0 N–H and O–H groups in total. The van der Waals surface area contributed by atoms with E-state index in [1.165, 1.54) is 0 Å². The quantitative estimate of drug-likeness (QED) is 0.709. The molecule has 0 amide bonds. The number of halogens is 1. The highest BCUT2D eigenvalue weighted by Gasteiger charge is 2.17. The minimum absolute atomic E-state index is 0.360. The van der Waals surface area contributed by atoms with Crippen LogP contribution in [0.2, 0.25) is 5.02 Å². The first-order chi connectivity index (χ1) is 7.06. The zero-order chi connectivity index (χ0) is 11.4. The maximum absolute atomic E-state index is 6.91. The van der Waals surface area contributed by atoms with Gasteiger partial charge in [-0.2, -0.15) is 0 Å². The lowest BCUT2D eigenvalue weighted by Gasteiger charge is -2.16. The van der Waals surface area contributed by atoms with Gasteiger partial charge in [-0.15, -0.1) is 0 Å². The lowest BCUT2D eigenvalue weighted by Crippen LogP contribution is -2.07. The van der Waals surface area contributed by atoms with Gasteiger partial charge in [0.1, 0.15) is 0 Å². The Morgan fingerprint density at radius 3 is 2.67 bits per heavy atom. The van der Waals surface area contributed by atoms with Crippen LogP contribution in [-0.2, 0) is 6.54 Å². The second-order valence-corrected chi connectivity index (χ2v) is 4.48. The molecule has 1 rings (SSSR count). The van der Waals surface area contributed by atoms with Crippen LogP contribution < -0.4 is 0 Å². The SMILES string of the molecule is [C-]#[N+]Cc1cc(Cl)cnc1[C@H](C)C(C)C. The lowest BCUT2D eigenvalue weighted by atomic mass is 9.91. The van der Waals surface area contributed by atoms with Crippen molar-refractivity contribution in [1.29, 1.82) is 0 Å². The predicted octanol–water partition coefficient (Wildman–Crippen LogP) is 3.91. The molecule has 0 saturated heterocycles. The van der Waals surface area contributed by atoms with Crippen LogP contribution in [0.25, 0.3) is 4.85 Å². The molecule has 80 valence electrons. The van der Waals surface area contributed by atoms with Crippen LogP contribution in [0.4, 0.5) is 0 Å². The van der Waals surface area contributed by atoms with Crippen molar-refractivity contribution in [3.63, 3.8) is 0 Å². The largest absolute Gasteiger partial charge is 0.312 e. The summed E-state index contributed by atoms with van der Waals surface area (Å²) in [5.74, 6) is 0.877. The number of aromatic nitrogens is 1. The van der Waals surface area contributed by atoms with Gasteiger partial charge in [0.05, 0.1) is 16.3 Å². The molecule has 0 saturated carbocycles. The first kappa shape index (κ1) is 12.0. The van der Waals surface area contributed by atoms with Crippen molar-refractivity contribution in [3.05, 3.63) is 40.0 Å². The van der Waals surface area contributed by atoms with Crippen LogP contribution in [0.1, 0.15) is 37.9 Å². The minimum atomic E-state index is 0.360. The van der Waals surface area contributed by atoms with Gasteiger partial charge in [0.15, 0.2) is 0 Å². The van der Waals surface area contributed by atoms with E-state index in [1.807, 2.05) is 6.07 Å². The Bertz CT molecular complexity index is 380. The summed E-state index contributed by atoms with van der Waals surface area (Å²) in [5.41, 5.74) is 1.96. The third kappa shape index (κ3) is 2.94. The smallest absolute Gasteiger partial charge is 0.241 e. The molecule has 0 bridgehead atoms. The molecular formula is C12H15ClN2. The highest BCUT2D eigenvalue weighted by atomic mass is 35.5. The molecule has 0 aliphatic carbocycles. The third-order valence-electron chi connectivity index (χ3n) is 2.65. The van der Waals surface area contributed by atoms with Gasteiger partial charge in [0.2, 0.25) is 6.54 Å². The second-order valence-electron chi connectivity index (χ2n) is 4.05. The molecule has 0 fully saturated rings. The van der Waals surface area contributed by atoms with Crippen molar-refractivity contribution >= 4 is 11.6 Å². The van der Waals surface area contributed by atoms with Crippen molar-refractivity contribution in [2.45, 2.75) is 33.2 Å². The van der Waals surface area contributed by atoms with Crippen LogP contribution in [0.3, 0.4) is 0 Å². The molecule has 0 unspecified atom stereocenters. The van der Waals surface area contributed by atoms with E-state index >= 15 is 0 Å². The maximum atomic E-state index is 6.91. The average Bonchev–Trinajstić information content (AvgIpc) is 2.17. The standard InChI is InChI=1S/C12H15ClN2/c1-8(2)9(3)12-10(6-14-4)5-11(13)7-15-12/h5,7-9H,6H2,1-3H3/t9-/m1/s1. The van der Waals surface area contributed by atoms with E-state index < -0.39 is 0 Å². The first-order valence-electron chi connectivity index (χ1n) is 5.03. The Balaban J connectivity index is 3.11. The van der Waals surface area contributed by atoms with Gasteiger partial charge < -0.3 is 4.85 Å². The van der Waals surface area contributed by atoms with Gasteiger partial charge in [0.25, 0.3) is 0 Å². The fraction of sp³-hybridized carbons (Fsp3) is 0.500. The lowest BCUT2D eigenvalue weighted by molar-refractivity contribution is 0.520. The van der Waals surface area contributed by atoms with Gasteiger partial charge in [0, 0.05) is 12.1 Å². The molecule has 1 heterocycles. The number of hydrogen-bond donors (Lipinski definition) is 0. The van der Waals surface area contributed by atoms with Crippen molar-refractivity contribution in [2.75, 3.05) is 0 Å². The summed E-state index contributed by atoms with van der Waals surface area (Å²) in [6, 6.07) is 1.85. The molecule has 15 heavy (non-hydrogen) atoms. The fourth-order valence-electron chi connectivity index (χ4n) is 1.43. The highest BCUT2D eigenvalue weighted by Crippen LogP contribution is 2.26. The molecule has 1 aromatic rings. The summed E-state index contributed by atoms with van der Waals surface area (Å²) < 4.78 is 0. The number of rotatable bonds is 3. The molecule has 0 radical (unpaired) electrons. The van der Waals surface area contributed by atoms with Crippen molar-refractivity contribution in [3.8, 4) is 0 Å². The third-order valence-corrected chi connectivity index (χ3v) is 2.86. The van der Waals surface area contributed by atoms with Crippen LogP contribution in [-0.4, -0.2) is 4.98 Å². The molecule has 0 aromatic carbocycles. The highest BCUT2D eigenvalue weighted by molar-refractivity contribution is 6.30. The molecule has 0 aliphatic heterocycles. The van der Waals surface area contributed by atoms with Crippen LogP contribution >= 0.6 is 11.6 Å². The summed E-state index contributed by atoms with van der Waals surface area (Å²) in [6.45, 7) is 13.7. The predicted molar refractivity (Wildman–Crippen MR) is 62.8 cm³/mol. The number of pyridine rings is 1. The van der Waals surface area contributed by atoms with Crippen molar-refractivity contribution in [1.82, 2.24) is 4.98 Å². The van der Waals surface area contributed by atoms with Crippen LogP contribution in [0, 0.1) is 12.5 Å². The van der Waals surface area contributed by atoms with Crippen LogP contribution in [0.5, 0.6) is 0 Å². The van der Waals surface area contributed by atoms with E-state index in [0.29, 0.717) is 23.4 Å². The van der Waals surface area contributed by atoms with Gasteiger partial charge >= 0.3 is 0 Å². The first-order valence-corrected chi connectivity index (χ1v) is 5.41.